The summed E-state index contributed by atoms with van der Waals surface area (Å²) in [5.41, 5.74) is 13.0. The molecule has 1 fully saturated rings. The standard InChI is InChI=1S/C68H83N11O18/c1-43(2)51(34-56(81)52(22-23-58(83)84)71-68(97)54(36-60(87)88)70-57(82)39-75-24-26-76(40-61(89)90)28-30-78(42-63(93)94)31-29-77(27-25-75)41-62(91)92)67(96)72-53(35-59(85)86)55(80)33-49(66(69)95)32-50-38-79(74-73-50)37-44-18-20-48(21-19-44)65(47-16-10-5-11-17-47)64(45-12-6-3-7-13-45)46-14-8-4-9-15-46/h3-21,38,43,49,51-54H,22-37,39-42H2,1-2H3,(H2,69,95)(H,70,82)(H,71,97)(H,72,96)(H,83,84)(H,85,86)(H,87,88)(H,89,90)(H,91,92)(H,93,94)/t49-,51+,52+,53+,54+/m1/s1. The number of carboxylic acid groups (broad SMARTS) is 6. The third kappa shape index (κ3) is 25.4. The summed E-state index contributed by atoms with van der Waals surface area (Å²) in [6.45, 7) is 1.79. The minimum Gasteiger partial charge on any atom is -0.481 e. The van der Waals surface area contributed by atoms with Crippen molar-refractivity contribution in [1.82, 2.24) is 50.5 Å². The van der Waals surface area contributed by atoms with Gasteiger partial charge < -0.3 is 52.3 Å². The second-order valence-electron chi connectivity index (χ2n) is 24.1. The average Bonchev–Trinajstić information content (AvgIpc) is 0.865. The van der Waals surface area contributed by atoms with Crippen molar-refractivity contribution in [2.45, 2.75) is 83.5 Å². The SMILES string of the molecule is CC(C)[C@H](CC(=O)[C@H](CCC(=O)O)NC(=O)[C@H](CC(=O)O)NC(=O)CN1CCN(CC(=O)O)CCN(CC(=O)O)CCN(CC(=O)O)CC1)C(=O)N[C@@H](CC(=O)O)C(=O)C[C@@H](Cc1cn(Cc2ccc(C(=C(c3ccccc3)c3ccccc3)c3ccccc3)cc2)nn1)C(N)=O. The van der Waals surface area contributed by atoms with Gasteiger partial charge in [0.25, 0.3) is 0 Å². The zero-order valence-corrected chi connectivity index (χ0v) is 53.9. The van der Waals surface area contributed by atoms with Gasteiger partial charge in [0.15, 0.2) is 11.6 Å². The molecule has 1 aliphatic rings. The second-order valence-corrected chi connectivity index (χ2v) is 24.1. The summed E-state index contributed by atoms with van der Waals surface area (Å²) < 4.78 is 1.54. The summed E-state index contributed by atoms with van der Waals surface area (Å²) >= 11 is 0. The van der Waals surface area contributed by atoms with Crippen LogP contribution in [0, 0.1) is 17.8 Å². The molecule has 1 saturated heterocycles. The van der Waals surface area contributed by atoms with Crippen LogP contribution in [0.15, 0.2) is 121 Å². The van der Waals surface area contributed by atoms with Gasteiger partial charge in [0.1, 0.15) is 6.04 Å². The van der Waals surface area contributed by atoms with Crippen molar-refractivity contribution in [3.63, 3.8) is 0 Å². The molecule has 4 aromatic carbocycles. The molecule has 0 unspecified atom stereocenters. The topological polar surface area (TPSA) is 432 Å². The van der Waals surface area contributed by atoms with E-state index in [2.05, 4.69) is 62.7 Å². The fraction of sp³-hybridized carbons (Fsp3) is 0.412. The number of nitrogens with zero attached hydrogens (tertiary/aromatic N) is 7. The summed E-state index contributed by atoms with van der Waals surface area (Å²) in [5, 5.41) is 73.7. The number of aliphatic carboxylic acids is 6. The van der Waals surface area contributed by atoms with E-state index in [0.29, 0.717) is 0 Å². The van der Waals surface area contributed by atoms with Crippen LogP contribution in [-0.4, -0.2) is 233 Å². The molecule has 5 atom stereocenters. The van der Waals surface area contributed by atoms with Gasteiger partial charge in [-0.1, -0.05) is 134 Å². The van der Waals surface area contributed by atoms with Crippen LogP contribution in [-0.2, 0) is 70.5 Å². The quantitative estimate of drug-likeness (QED) is 0.0256. The lowest BCUT2D eigenvalue weighted by Gasteiger charge is -2.33. The molecule has 0 saturated carbocycles. The summed E-state index contributed by atoms with van der Waals surface area (Å²) in [6, 6.07) is 32.9. The molecule has 29 heteroatoms. The number of Topliss-reactive ketones (excluding diaryl/α,β-unsaturated/α-hetero) is 2. The molecule has 11 N–H and O–H groups in total. The molecule has 97 heavy (non-hydrogen) atoms. The van der Waals surface area contributed by atoms with Crippen molar-refractivity contribution >= 4 is 82.2 Å². The van der Waals surface area contributed by atoms with Gasteiger partial charge in [-0.3, -0.25) is 77.1 Å². The summed E-state index contributed by atoms with van der Waals surface area (Å²) in [7, 11) is 0. The number of nitrogens with two attached hydrogens (primary N) is 1. The number of amides is 4. The Morgan fingerprint density at radius 1 is 0.464 bits per heavy atom. The number of hydrogen-bond acceptors (Lipinski definition) is 18. The normalized spacial score (nSPS) is 15.2. The second kappa shape index (κ2) is 37.7. The summed E-state index contributed by atoms with van der Waals surface area (Å²) in [6.07, 6.45) is -3.33. The fourth-order valence-electron chi connectivity index (χ4n) is 11.3. The zero-order chi connectivity index (χ0) is 70.7. The van der Waals surface area contributed by atoms with Crippen LogP contribution in [0.5, 0.6) is 0 Å². The number of carbonyl (C=O) groups excluding carboxylic acids is 6. The van der Waals surface area contributed by atoms with E-state index in [1.165, 1.54) is 33.4 Å². The maximum atomic E-state index is 14.2. The van der Waals surface area contributed by atoms with Gasteiger partial charge in [-0.15, -0.1) is 5.10 Å². The van der Waals surface area contributed by atoms with E-state index in [1.54, 1.807) is 10.9 Å². The first-order chi connectivity index (χ1) is 46.2. The predicted octanol–water partition coefficient (Wildman–Crippen LogP) is 1.91. The van der Waals surface area contributed by atoms with E-state index in [-0.39, 0.29) is 71.0 Å². The molecule has 0 radical (unpaired) electrons. The highest BCUT2D eigenvalue weighted by atomic mass is 16.4. The van der Waals surface area contributed by atoms with E-state index >= 15 is 0 Å². The third-order valence-electron chi connectivity index (χ3n) is 16.3. The Morgan fingerprint density at radius 2 is 0.876 bits per heavy atom. The number of aromatic nitrogens is 3. The smallest absolute Gasteiger partial charge is 0.317 e. The maximum Gasteiger partial charge on any atom is 0.317 e. The Labute approximate surface area is 559 Å². The molecule has 0 spiro atoms. The predicted molar refractivity (Wildman–Crippen MR) is 350 cm³/mol. The van der Waals surface area contributed by atoms with E-state index in [0.717, 1.165) is 39.0 Å². The number of primary amides is 1. The van der Waals surface area contributed by atoms with Gasteiger partial charge in [0, 0.05) is 90.2 Å². The molecule has 1 aromatic heterocycles. The van der Waals surface area contributed by atoms with Gasteiger partial charge >= 0.3 is 35.8 Å². The molecule has 0 aliphatic carbocycles. The molecule has 518 valence electrons. The van der Waals surface area contributed by atoms with Gasteiger partial charge in [0.2, 0.25) is 23.6 Å². The molecular weight excluding hydrogens is 1260 g/mol. The van der Waals surface area contributed by atoms with E-state index in [1.807, 2.05) is 78.9 Å². The van der Waals surface area contributed by atoms with Crippen LogP contribution >= 0.6 is 0 Å². The first-order valence-corrected chi connectivity index (χ1v) is 31.6. The van der Waals surface area contributed by atoms with Gasteiger partial charge in [-0.05, 0) is 51.3 Å². The van der Waals surface area contributed by atoms with Crippen molar-refractivity contribution in [2.24, 2.45) is 23.5 Å². The highest BCUT2D eigenvalue weighted by Crippen LogP contribution is 2.37. The van der Waals surface area contributed by atoms with Crippen molar-refractivity contribution in [3.05, 3.63) is 155 Å². The number of nitrogens with one attached hydrogen (secondary N) is 3. The molecular formula is C68H83N11O18. The molecule has 0 bridgehead atoms. The van der Waals surface area contributed by atoms with Gasteiger partial charge in [-0.25, -0.2) is 4.68 Å². The average molecular weight is 1340 g/mol. The largest absolute Gasteiger partial charge is 0.481 e. The number of ketones is 2. The van der Waals surface area contributed by atoms with Crippen LogP contribution in [0.1, 0.15) is 85.9 Å². The molecule has 1 aliphatic heterocycles. The molecule has 6 rings (SSSR count). The van der Waals surface area contributed by atoms with Crippen LogP contribution in [0.4, 0.5) is 0 Å². The van der Waals surface area contributed by atoms with Crippen molar-refractivity contribution in [2.75, 3.05) is 78.5 Å². The monoisotopic (exact) mass is 1340 g/mol. The number of carbonyl (C=O) groups is 12. The highest BCUT2D eigenvalue weighted by molar-refractivity contribution is 6.05. The molecule has 2 heterocycles. The number of hydrogen-bond donors (Lipinski definition) is 10. The third-order valence-corrected chi connectivity index (χ3v) is 16.3. The van der Waals surface area contributed by atoms with Gasteiger partial charge in [0.05, 0.1) is 69.3 Å². The lowest BCUT2D eigenvalue weighted by atomic mass is 9.85. The van der Waals surface area contributed by atoms with Crippen molar-refractivity contribution in [3.8, 4) is 0 Å². The fourth-order valence-corrected chi connectivity index (χ4v) is 11.3. The molecule has 29 nitrogen and oxygen atoms in total. The van der Waals surface area contributed by atoms with Crippen molar-refractivity contribution < 1.29 is 88.2 Å². The Morgan fingerprint density at radius 3 is 1.29 bits per heavy atom. The maximum absolute atomic E-state index is 14.2. The zero-order valence-electron chi connectivity index (χ0n) is 53.9. The van der Waals surface area contributed by atoms with Crippen LogP contribution in [0.3, 0.4) is 0 Å². The van der Waals surface area contributed by atoms with Gasteiger partial charge in [-0.2, -0.15) is 0 Å². The van der Waals surface area contributed by atoms with Crippen LogP contribution < -0.4 is 21.7 Å². The van der Waals surface area contributed by atoms with Crippen LogP contribution in [0.25, 0.3) is 11.1 Å². The molecule has 5 aromatic rings. The summed E-state index contributed by atoms with van der Waals surface area (Å²) in [5.74, 6) is -17.3. The lowest BCUT2D eigenvalue weighted by molar-refractivity contribution is -0.142. The number of carboxylic acids is 6. The first kappa shape index (κ1) is 75.7. The number of rotatable bonds is 36. The Hall–Kier alpha value is -10.4. The van der Waals surface area contributed by atoms with E-state index in [9.17, 15) is 88.2 Å². The minimum atomic E-state index is -1.89. The Kier molecular flexibility index (Phi) is 29.4. The van der Waals surface area contributed by atoms with Crippen LogP contribution in [0.2, 0.25) is 0 Å². The van der Waals surface area contributed by atoms with E-state index < -0.39 is 172 Å². The lowest BCUT2D eigenvalue weighted by Crippen LogP contribution is -2.55. The molecule has 4 amide bonds. The van der Waals surface area contributed by atoms with Crippen molar-refractivity contribution in [1.29, 1.82) is 0 Å². The van der Waals surface area contributed by atoms with E-state index in [4.69, 9.17) is 5.73 Å². The Balaban J connectivity index is 1.12. The summed E-state index contributed by atoms with van der Waals surface area (Å²) in [4.78, 5) is 161. The minimum absolute atomic E-state index is 0.0155. The first-order valence-electron chi connectivity index (χ1n) is 31.6. The number of benzene rings is 4. The Bertz CT molecular complexity index is 3520. The highest BCUT2D eigenvalue weighted by Gasteiger charge is 2.36.